The minimum absolute atomic E-state index is 0.128. The highest BCUT2D eigenvalue weighted by Crippen LogP contribution is 2.29. The van der Waals surface area contributed by atoms with Crippen LogP contribution in [0.3, 0.4) is 0 Å². The summed E-state index contributed by atoms with van der Waals surface area (Å²) >= 11 is 0. The molecule has 1 unspecified atom stereocenters. The van der Waals surface area contributed by atoms with E-state index in [1.807, 2.05) is 18.2 Å². The number of ketones is 1. The zero-order valence-electron chi connectivity index (χ0n) is 10.5. The van der Waals surface area contributed by atoms with Crippen LogP contribution in [-0.4, -0.2) is 11.8 Å². The Bertz CT molecular complexity index is 609. The first-order valence-electron chi connectivity index (χ1n) is 5.69. The van der Waals surface area contributed by atoms with Crippen LogP contribution in [0.2, 0.25) is 0 Å². The van der Waals surface area contributed by atoms with E-state index in [1.165, 1.54) is 13.8 Å². The van der Waals surface area contributed by atoms with E-state index in [0.717, 1.165) is 10.9 Å². The smallest absolute Gasteiger partial charge is 0.303 e. The molecule has 0 bridgehead atoms. The summed E-state index contributed by atoms with van der Waals surface area (Å²) in [5, 5.41) is 0.830. The van der Waals surface area contributed by atoms with Gasteiger partial charge in [-0.15, -0.1) is 0 Å². The predicted molar refractivity (Wildman–Crippen MR) is 66.4 cm³/mol. The molecule has 0 aliphatic heterocycles. The molecule has 0 aliphatic rings. The normalized spacial score (nSPS) is 12.4. The van der Waals surface area contributed by atoms with E-state index in [0.29, 0.717) is 11.3 Å². The van der Waals surface area contributed by atoms with E-state index in [-0.39, 0.29) is 11.8 Å². The van der Waals surface area contributed by atoms with Gasteiger partial charge in [0.2, 0.25) is 0 Å². The van der Waals surface area contributed by atoms with Gasteiger partial charge >= 0.3 is 5.97 Å². The molecule has 94 valence electrons. The Morgan fingerprint density at radius 1 is 1.28 bits per heavy atom. The van der Waals surface area contributed by atoms with E-state index in [1.54, 1.807) is 13.0 Å². The molecule has 2 rings (SSSR count). The molecule has 0 saturated heterocycles. The highest BCUT2D eigenvalue weighted by atomic mass is 16.5. The van der Waals surface area contributed by atoms with Gasteiger partial charge in [-0.25, -0.2) is 0 Å². The van der Waals surface area contributed by atoms with Crippen molar-refractivity contribution in [2.45, 2.75) is 26.9 Å². The van der Waals surface area contributed by atoms with E-state index in [2.05, 4.69) is 0 Å². The van der Waals surface area contributed by atoms with E-state index < -0.39 is 6.10 Å². The fourth-order valence-electron chi connectivity index (χ4n) is 1.89. The number of rotatable bonds is 3. The van der Waals surface area contributed by atoms with Crippen LogP contribution in [0.1, 0.15) is 43.0 Å². The molecule has 1 aromatic carbocycles. The summed E-state index contributed by atoms with van der Waals surface area (Å²) in [7, 11) is 0. The molecule has 1 heterocycles. The number of para-hydroxylation sites is 1. The maximum Gasteiger partial charge on any atom is 0.303 e. The lowest BCUT2D eigenvalue weighted by Gasteiger charge is -2.12. The number of fused-ring (bicyclic) bond motifs is 1. The summed E-state index contributed by atoms with van der Waals surface area (Å²) in [6.45, 7) is 4.58. The fourth-order valence-corrected chi connectivity index (χ4v) is 1.89. The number of Topliss-reactive ketones (excluding diaryl/α,β-unsaturated/α-hetero) is 1. The lowest BCUT2D eigenvalue weighted by molar-refractivity contribution is -0.145. The maximum atomic E-state index is 11.3. The van der Waals surface area contributed by atoms with Crippen LogP contribution in [0.5, 0.6) is 0 Å². The summed E-state index contributed by atoms with van der Waals surface area (Å²) in [6, 6.07) is 7.22. The van der Waals surface area contributed by atoms with Crippen molar-refractivity contribution in [1.82, 2.24) is 0 Å². The Kier molecular flexibility index (Phi) is 3.19. The number of hydrogen-bond acceptors (Lipinski definition) is 4. The average Bonchev–Trinajstić information content (AvgIpc) is 2.71. The van der Waals surface area contributed by atoms with Gasteiger partial charge < -0.3 is 9.15 Å². The molecule has 4 nitrogen and oxygen atoms in total. The van der Waals surface area contributed by atoms with Gasteiger partial charge in [-0.2, -0.15) is 0 Å². The Labute approximate surface area is 105 Å². The zero-order chi connectivity index (χ0) is 13.3. The molecule has 0 aliphatic carbocycles. The van der Waals surface area contributed by atoms with Crippen LogP contribution in [0.25, 0.3) is 11.0 Å². The van der Waals surface area contributed by atoms with E-state index in [4.69, 9.17) is 9.15 Å². The molecule has 0 radical (unpaired) electrons. The first-order valence-corrected chi connectivity index (χ1v) is 5.69. The number of carbonyl (C=O) groups is 2. The van der Waals surface area contributed by atoms with Crippen molar-refractivity contribution in [1.29, 1.82) is 0 Å². The van der Waals surface area contributed by atoms with Crippen molar-refractivity contribution in [3.8, 4) is 0 Å². The van der Waals surface area contributed by atoms with Crippen molar-refractivity contribution in [3.05, 3.63) is 35.6 Å². The third-order valence-corrected chi connectivity index (χ3v) is 2.70. The van der Waals surface area contributed by atoms with Gasteiger partial charge in [0.05, 0.1) is 0 Å². The van der Waals surface area contributed by atoms with Crippen molar-refractivity contribution in [2.24, 2.45) is 0 Å². The van der Waals surface area contributed by atoms with Crippen LogP contribution < -0.4 is 0 Å². The highest BCUT2D eigenvalue weighted by Gasteiger charge is 2.16. The third-order valence-electron chi connectivity index (χ3n) is 2.70. The summed E-state index contributed by atoms with van der Waals surface area (Å²) in [5.74, 6) is -0.164. The molecule has 1 aromatic heterocycles. The molecule has 1 atom stereocenters. The van der Waals surface area contributed by atoms with Gasteiger partial charge in [0, 0.05) is 24.8 Å². The van der Waals surface area contributed by atoms with E-state index in [9.17, 15) is 9.59 Å². The maximum absolute atomic E-state index is 11.3. The fraction of sp³-hybridized carbons (Fsp3) is 0.286. The van der Waals surface area contributed by atoms with Crippen LogP contribution in [0, 0.1) is 0 Å². The Morgan fingerprint density at radius 2 is 2.00 bits per heavy atom. The topological polar surface area (TPSA) is 56.5 Å². The van der Waals surface area contributed by atoms with Gasteiger partial charge in [-0.3, -0.25) is 9.59 Å². The second kappa shape index (κ2) is 4.64. The second-order valence-electron chi connectivity index (χ2n) is 4.18. The third kappa shape index (κ3) is 2.27. The van der Waals surface area contributed by atoms with Gasteiger partial charge in [0.1, 0.15) is 11.7 Å². The molecule has 0 N–H and O–H groups in total. The van der Waals surface area contributed by atoms with Crippen molar-refractivity contribution >= 4 is 22.7 Å². The van der Waals surface area contributed by atoms with Crippen molar-refractivity contribution in [3.63, 3.8) is 0 Å². The van der Waals surface area contributed by atoms with Crippen LogP contribution in [-0.2, 0) is 9.53 Å². The molecule has 18 heavy (non-hydrogen) atoms. The molecule has 2 aromatic rings. The van der Waals surface area contributed by atoms with Crippen LogP contribution >= 0.6 is 0 Å². The monoisotopic (exact) mass is 246 g/mol. The molecule has 0 amide bonds. The predicted octanol–water partition coefficient (Wildman–Crippen LogP) is 3.26. The number of esters is 1. The van der Waals surface area contributed by atoms with Crippen LogP contribution in [0.4, 0.5) is 0 Å². The summed E-state index contributed by atoms with van der Waals surface area (Å²) < 4.78 is 10.7. The number of carbonyl (C=O) groups excluding carboxylic acids is 2. The summed E-state index contributed by atoms with van der Waals surface area (Å²) in [5.41, 5.74) is 1.35. The van der Waals surface area contributed by atoms with Gasteiger partial charge in [0.15, 0.2) is 11.5 Å². The Morgan fingerprint density at radius 3 is 2.61 bits per heavy atom. The van der Waals surface area contributed by atoms with Crippen LogP contribution in [0.15, 0.2) is 28.7 Å². The first kappa shape index (κ1) is 12.4. The number of furan rings is 1. The second-order valence-corrected chi connectivity index (χ2v) is 4.18. The zero-order valence-corrected chi connectivity index (χ0v) is 10.5. The SMILES string of the molecule is CC(=O)OC(C)c1cccc2cc(C(C)=O)oc12. The number of hydrogen-bond donors (Lipinski definition) is 0. The van der Waals surface area contributed by atoms with E-state index >= 15 is 0 Å². The molecular weight excluding hydrogens is 232 g/mol. The average molecular weight is 246 g/mol. The number of benzene rings is 1. The standard InChI is InChI=1S/C14H14O4/c1-8(15)13-7-11-5-4-6-12(14(11)18-13)9(2)17-10(3)16/h4-7,9H,1-3H3. The Balaban J connectivity index is 2.50. The molecule has 0 spiro atoms. The largest absolute Gasteiger partial charge is 0.458 e. The van der Waals surface area contributed by atoms with Gasteiger partial charge in [-0.1, -0.05) is 18.2 Å². The summed E-state index contributed by atoms with van der Waals surface area (Å²) in [6.07, 6.45) is -0.405. The lowest BCUT2D eigenvalue weighted by atomic mass is 10.1. The first-order chi connectivity index (χ1) is 8.49. The minimum Gasteiger partial charge on any atom is -0.458 e. The van der Waals surface area contributed by atoms with Crippen molar-refractivity contribution in [2.75, 3.05) is 0 Å². The molecule has 0 fully saturated rings. The lowest BCUT2D eigenvalue weighted by Crippen LogP contribution is -2.04. The molecule has 4 heteroatoms. The van der Waals surface area contributed by atoms with Gasteiger partial charge in [0.25, 0.3) is 0 Å². The minimum atomic E-state index is -0.405. The quantitative estimate of drug-likeness (QED) is 0.616. The molecular formula is C14H14O4. The Hall–Kier alpha value is -2.10. The van der Waals surface area contributed by atoms with Gasteiger partial charge in [-0.05, 0) is 13.0 Å². The summed E-state index contributed by atoms with van der Waals surface area (Å²) in [4.78, 5) is 22.3. The number of ether oxygens (including phenoxy) is 1. The molecule has 0 saturated carbocycles. The van der Waals surface area contributed by atoms with Crippen molar-refractivity contribution < 1.29 is 18.7 Å². The highest BCUT2D eigenvalue weighted by molar-refractivity contribution is 5.96.